The number of benzene rings is 1. The minimum absolute atomic E-state index is 0.0685. The lowest BCUT2D eigenvalue weighted by molar-refractivity contribution is 0.148. The van der Waals surface area contributed by atoms with Crippen molar-refractivity contribution in [1.82, 2.24) is 0 Å². The van der Waals surface area contributed by atoms with Gasteiger partial charge in [0, 0.05) is 5.02 Å². The number of aliphatic hydroxyl groups is 1. The summed E-state index contributed by atoms with van der Waals surface area (Å²) in [5.74, 6) is -1.73. The maximum Gasteiger partial charge on any atom is 0.363 e. The zero-order valence-electron chi connectivity index (χ0n) is 12.1. The predicted octanol–water partition coefficient (Wildman–Crippen LogP) is 3.70. The summed E-state index contributed by atoms with van der Waals surface area (Å²) in [6.45, 7) is 3.36. The molecule has 0 spiro atoms. The highest BCUT2D eigenvalue weighted by atomic mass is 35.5. The molecule has 0 aliphatic heterocycles. The Morgan fingerprint density at radius 2 is 1.95 bits per heavy atom. The van der Waals surface area contributed by atoms with E-state index in [0.717, 1.165) is 6.26 Å². The summed E-state index contributed by atoms with van der Waals surface area (Å²) in [4.78, 5) is 12.5. The Morgan fingerprint density at radius 3 is 2.55 bits per heavy atom. The molecule has 1 atom stereocenters. The van der Waals surface area contributed by atoms with E-state index in [1.54, 1.807) is 26.0 Å². The summed E-state index contributed by atoms with van der Waals surface area (Å²) in [5, 5.41) is 10.8. The van der Waals surface area contributed by atoms with Gasteiger partial charge in [0.2, 0.25) is 0 Å². The van der Waals surface area contributed by atoms with Crippen molar-refractivity contribution in [2.75, 3.05) is 13.2 Å². The van der Waals surface area contributed by atoms with Gasteiger partial charge in [0.05, 0.1) is 24.2 Å². The van der Waals surface area contributed by atoms with E-state index in [-0.39, 0.29) is 24.2 Å². The summed E-state index contributed by atoms with van der Waals surface area (Å²) in [6, 6.07) is 4.54. The van der Waals surface area contributed by atoms with Gasteiger partial charge in [0.25, 0.3) is 0 Å². The molecule has 0 radical (unpaired) electrons. The Bertz CT molecular complexity index is 762. The molecule has 0 saturated heterocycles. The Balaban J connectivity index is 2.56. The molecule has 1 heterocycles. The van der Waals surface area contributed by atoms with Crippen LogP contribution in [0.15, 0.2) is 33.7 Å². The van der Waals surface area contributed by atoms with Crippen LogP contribution in [0.4, 0.5) is 0 Å². The van der Waals surface area contributed by atoms with Crippen molar-refractivity contribution >= 4 is 30.2 Å². The van der Waals surface area contributed by atoms with Crippen LogP contribution in [0.1, 0.15) is 25.3 Å². The highest BCUT2D eigenvalue weighted by Gasteiger charge is 2.37. The summed E-state index contributed by atoms with van der Waals surface area (Å²) in [7, 11) is -3.89. The fraction of sp³-hybridized carbons (Fsp3) is 0.357. The third-order valence-electron chi connectivity index (χ3n) is 2.96. The molecule has 0 bridgehead atoms. The van der Waals surface area contributed by atoms with Crippen molar-refractivity contribution in [3.63, 3.8) is 0 Å². The zero-order valence-corrected chi connectivity index (χ0v) is 13.8. The Kier molecular flexibility index (Phi) is 5.42. The van der Waals surface area contributed by atoms with E-state index in [4.69, 9.17) is 25.1 Å². The van der Waals surface area contributed by atoms with Gasteiger partial charge >= 0.3 is 7.60 Å². The molecule has 22 heavy (non-hydrogen) atoms. The van der Waals surface area contributed by atoms with Gasteiger partial charge in [-0.15, -0.1) is 0 Å². The van der Waals surface area contributed by atoms with Gasteiger partial charge in [-0.2, -0.15) is 0 Å². The molecule has 6 nitrogen and oxygen atoms in total. The molecule has 1 aromatic carbocycles. The molecule has 120 valence electrons. The van der Waals surface area contributed by atoms with E-state index >= 15 is 0 Å². The highest BCUT2D eigenvalue weighted by molar-refractivity contribution is 7.54. The highest BCUT2D eigenvalue weighted by Crippen LogP contribution is 2.59. The number of rotatable bonds is 6. The molecule has 1 aromatic heterocycles. The number of halogens is 1. The maximum absolute atomic E-state index is 12.6. The van der Waals surface area contributed by atoms with Gasteiger partial charge < -0.3 is 18.6 Å². The quantitative estimate of drug-likeness (QED) is 0.802. The smallest absolute Gasteiger partial charge is 0.363 e. The van der Waals surface area contributed by atoms with Crippen LogP contribution >= 0.6 is 19.2 Å². The van der Waals surface area contributed by atoms with Gasteiger partial charge in [-0.25, -0.2) is 0 Å². The van der Waals surface area contributed by atoms with E-state index in [9.17, 15) is 14.5 Å². The van der Waals surface area contributed by atoms with E-state index in [1.807, 2.05) is 0 Å². The van der Waals surface area contributed by atoms with Gasteiger partial charge in [-0.1, -0.05) is 11.6 Å². The first-order chi connectivity index (χ1) is 10.4. The van der Waals surface area contributed by atoms with Crippen LogP contribution in [0.5, 0.6) is 0 Å². The molecule has 0 fully saturated rings. The Morgan fingerprint density at radius 1 is 1.32 bits per heavy atom. The minimum atomic E-state index is -3.89. The fourth-order valence-corrected chi connectivity index (χ4v) is 3.77. The largest absolute Gasteiger partial charge is 0.464 e. The fourth-order valence-electron chi connectivity index (χ4n) is 2.01. The number of hydrogen-bond acceptors (Lipinski definition) is 6. The molecule has 1 N–H and O–H groups in total. The van der Waals surface area contributed by atoms with Crippen molar-refractivity contribution in [3.05, 3.63) is 45.3 Å². The monoisotopic (exact) mass is 346 g/mol. The van der Waals surface area contributed by atoms with Crippen LogP contribution in [-0.2, 0) is 13.6 Å². The average Bonchev–Trinajstić information content (AvgIpc) is 2.48. The lowest BCUT2D eigenvalue weighted by Gasteiger charge is -2.21. The SMILES string of the molecule is CCOP(=O)(OCC)C(O)c1coc2ccc(Cl)cc2c1=O. The van der Waals surface area contributed by atoms with Gasteiger partial charge in [0.15, 0.2) is 11.3 Å². The summed E-state index contributed by atoms with van der Waals surface area (Å²) < 4.78 is 28.0. The molecule has 0 aliphatic carbocycles. The first-order valence-electron chi connectivity index (χ1n) is 6.70. The first kappa shape index (κ1) is 17.2. The Hall–Kier alpha value is -1.17. The minimum Gasteiger partial charge on any atom is -0.464 e. The second kappa shape index (κ2) is 6.94. The molecule has 0 aliphatic rings. The van der Waals surface area contributed by atoms with Crippen molar-refractivity contribution in [3.8, 4) is 0 Å². The van der Waals surface area contributed by atoms with Crippen molar-refractivity contribution in [2.24, 2.45) is 0 Å². The lowest BCUT2D eigenvalue weighted by Crippen LogP contribution is -2.16. The molecular formula is C14H16ClO6P. The predicted molar refractivity (Wildman–Crippen MR) is 83.3 cm³/mol. The van der Waals surface area contributed by atoms with Crippen molar-refractivity contribution in [1.29, 1.82) is 0 Å². The second-order valence-corrected chi connectivity index (χ2v) is 6.93. The lowest BCUT2D eigenvalue weighted by atomic mass is 10.2. The third-order valence-corrected chi connectivity index (χ3v) is 5.31. The number of hydrogen-bond donors (Lipinski definition) is 1. The van der Waals surface area contributed by atoms with Crippen LogP contribution < -0.4 is 5.43 Å². The molecule has 8 heteroatoms. The van der Waals surface area contributed by atoms with E-state index in [2.05, 4.69) is 0 Å². The van der Waals surface area contributed by atoms with Crippen molar-refractivity contribution in [2.45, 2.75) is 19.7 Å². The maximum atomic E-state index is 12.6. The van der Waals surface area contributed by atoms with Crippen LogP contribution in [0, 0.1) is 0 Å². The number of aliphatic hydroxyl groups excluding tert-OH is 1. The second-order valence-electron chi connectivity index (χ2n) is 4.41. The summed E-state index contributed by atoms with van der Waals surface area (Å²) in [6.07, 6.45) is 1.06. The van der Waals surface area contributed by atoms with Crippen LogP contribution in [0.25, 0.3) is 11.0 Å². The summed E-state index contributed by atoms with van der Waals surface area (Å²) >= 11 is 5.86. The van der Waals surface area contributed by atoms with E-state index in [1.165, 1.54) is 6.07 Å². The number of fused-ring (bicyclic) bond motifs is 1. The van der Waals surface area contributed by atoms with Gasteiger partial charge in [0.1, 0.15) is 11.8 Å². The Labute approximate surface area is 132 Å². The van der Waals surface area contributed by atoms with Crippen LogP contribution in [-0.4, -0.2) is 18.3 Å². The molecule has 0 saturated carbocycles. The first-order valence-corrected chi connectivity index (χ1v) is 8.69. The van der Waals surface area contributed by atoms with Crippen LogP contribution in [0.3, 0.4) is 0 Å². The third kappa shape index (κ3) is 3.26. The van der Waals surface area contributed by atoms with Crippen molar-refractivity contribution < 1.29 is 23.1 Å². The average molecular weight is 347 g/mol. The van der Waals surface area contributed by atoms with E-state index < -0.39 is 18.9 Å². The van der Waals surface area contributed by atoms with Gasteiger partial charge in [-0.3, -0.25) is 9.36 Å². The van der Waals surface area contributed by atoms with Crippen LogP contribution in [0.2, 0.25) is 5.02 Å². The topological polar surface area (TPSA) is 86.0 Å². The molecule has 2 rings (SSSR count). The van der Waals surface area contributed by atoms with E-state index in [0.29, 0.717) is 10.6 Å². The zero-order chi connectivity index (χ0) is 16.3. The molecule has 1 unspecified atom stereocenters. The standard InChI is InChI=1S/C14H16ClO6P/c1-3-20-22(18,21-4-2)14(17)11-8-19-12-6-5-9(15)7-10(12)13(11)16/h5-8,14,17H,3-4H2,1-2H3. The normalized spacial score (nSPS) is 13.5. The molecule has 2 aromatic rings. The molecule has 0 amide bonds. The van der Waals surface area contributed by atoms with Gasteiger partial charge in [-0.05, 0) is 32.0 Å². The molecular weight excluding hydrogens is 331 g/mol. The summed E-state index contributed by atoms with van der Waals surface area (Å²) in [5.41, 5.74) is -0.413.